The Kier molecular flexibility index (Phi) is 5.31. The van der Waals surface area contributed by atoms with E-state index in [0.29, 0.717) is 10.9 Å². The van der Waals surface area contributed by atoms with Gasteiger partial charge in [-0.2, -0.15) is 0 Å². The van der Waals surface area contributed by atoms with Gasteiger partial charge in [-0.15, -0.1) is 24.0 Å². The average Bonchev–Trinajstić information content (AvgIpc) is 2.28. The minimum absolute atomic E-state index is 0. The maximum atomic E-state index is 5.92. The number of fused-ring (bicyclic) bond motifs is 1. The molecule has 0 radical (unpaired) electrons. The summed E-state index contributed by atoms with van der Waals surface area (Å²) in [5.41, 5.74) is 1.93. The zero-order valence-corrected chi connectivity index (χ0v) is 11.6. The van der Waals surface area contributed by atoms with Gasteiger partial charge in [0.15, 0.2) is 0 Å². The first-order valence-electron chi connectivity index (χ1n) is 5.07. The first-order chi connectivity index (χ1) is 7.70. The number of anilines is 1. The van der Waals surface area contributed by atoms with Crippen molar-refractivity contribution in [1.29, 1.82) is 0 Å². The van der Waals surface area contributed by atoms with Crippen LogP contribution in [0, 0.1) is 0 Å². The van der Waals surface area contributed by atoms with Crippen molar-refractivity contribution in [3.63, 3.8) is 0 Å². The van der Waals surface area contributed by atoms with E-state index in [-0.39, 0.29) is 18.4 Å². The summed E-state index contributed by atoms with van der Waals surface area (Å²) in [6.07, 6.45) is 1.77. The van der Waals surface area contributed by atoms with E-state index in [0.717, 1.165) is 16.6 Å². The van der Waals surface area contributed by atoms with E-state index in [9.17, 15) is 0 Å². The van der Waals surface area contributed by atoms with E-state index in [2.05, 4.69) is 10.3 Å². The molecule has 0 saturated heterocycles. The molecule has 0 spiro atoms. The average molecular weight is 292 g/mol. The molecule has 2 rings (SSSR count). The van der Waals surface area contributed by atoms with Crippen LogP contribution in [-0.4, -0.2) is 16.9 Å². The summed E-state index contributed by atoms with van der Waals surface area (Å²) in [6, 6.07) is 7.85. The lowest BCUT2D eigenvalue weighted by Gasteiger charge is -2.13. The Balaban J connectivity index is 0.00000144. The first-order valence-corrected chi connectivity index (χ1v) is 5.98. The topological polar surface area (TPSA) is 24.9 Å². The highest BCUT2D eigenvalue weighted by atomic mass is 35.5. The van der Waals surface area contributed by atoms with Gasteiger partial charge in [-0.05, 0) is 31.2 Å². The van der Waals surface area contributed by atoms with E-state index < -0.39 is 0 Å². The largest absolute Gasteiger partial charge is 0.381 e. The standard InChI is InChI=1S/C12H12Cl2N2.ClH/c1-8(7-13)16-11-4-5-15-12-6-9(14)2-3-10(11)12;/h2-6,8H,7H2,1H3,(H,15,16);1H/t8-;/m1./s1. The van der Waals surface area contributed by atoms with E-state index in [1.807, 2.05) is 31.2 Å². The molecule has 1 N–H and O–H groups in total. The number of benzene rings is 1. The smallest absolute Gasteiger partial charge is 0.0737 e. The third-order valence-corrected chi connectivity index (χ3v) is 3.04. The molecule has 1 heterocycles. The van der Waals surface area contributed by atoms with Crippen LogP contribution in [0.3, 0.4) is 0 Å². The molecule has 0 fully saturated rings. The minimum Gasteiger partial charge on any atom is -0.381 e. The predicted molar refractivity (Wildman–Crippen MR) is 77.8 cm³/mol. The quantitative estimate of drug-likeness (QED) is 0.851. The third kappa shape index (κ3) is 3.38. The summed E-state index contributed by atoms with van der Waals surface area (Å²) in [6.45, 7) is 2.04. The van der Waals surface area contributed by atoms with E-state index >= 15 is 0 Å². The highest BCUT2D eigenvalue weighted by Gasteiger charge is 2.05. The van der Waals surface area contributed by atoms with Gasteiger partial charge < -0.3 is 5.32 Å². The summed E-state index contributed by atoms with van der Waals surface area (Å²) in [4.78, 5) is 4.28. The van der Waals surface area contributed by atoms with Crippen molar-refractivity contribution in [3.05, 3.63) is 35.5 Å². The van der Waals surface area contributed by atoms with Crippen LogP contribution < -0.4 is 5.32 Å². The van der Waals surface area contributed by atoms with Crippen LogP contribution in [-0.2, 0) is 0 Å². The van der Waals surface area contributed by atoms with Gasteiger partial charge in [-0.3, -0.25) is 4.98 Å². The molecule has 0 saturated carbocycles. The molecule has 0 aliphatic heterocycles. The third-order valence-electron chi connectivity index (χ3n) is 2.34. The SMILES string of the molecule is C[C@H](CCl)Nc1ccnc2cc(Cl)ccc12.Cl. The van der Waals surface area contributed by atoms with Crippen molar-refractivity contribution < 1.29 is 0 Å². The van der Waals surface area contributed by atoms with Gasteiger partial charge in [0, 0.05) is 34.2 Å². The Morgan fingerprint density at radius 3 is 2.82 bits per heavy atom. The Hall–Kier alpha value is -0.700. The fourth-order valence-corrected chi connectivity index (χ4v) is 1.79. The second-order valence-electron chi connectivity index (χ2n) is 3.72. The second kappa shape index (κ2) is 6.29. The summed E-state index contributed by atoms with van der Waals surface area (Å²) < 4.78 is 0. The van der Waals surface area contributed by atoms with E-state index in [4.69, 9.17) is 23.2 Å². The van der Waals surface area contributed by atoms with Crippen molar-refractivity contribution in [2.45, 2.75) is 13.0 Å². The number of alkyl halides is 1. The van der Waals surface area contributed by atoms with E-state index in [1.165, 1.54) is 0 Å². The molecule has 17 heavy (non-hydrogen) atoms. The number of hydrogen-bond donors (Lipinski definition) is 1. The zero-order valence-electron chi connectivity index (χ0n) is 9.28. The van der Waals surface area contributed by atoms with Crippen LogP contribution in [0.25, 0.3) is 10.9 Å². The van der Waals surface area contributed by atoms with Gasteiger partial charge in [0.2, 0.25) is 0 Å². The second-order valence-corrected chi connectivity index (χ2v) is 4.46. The van der Waals surface area contributed by atoms with Crippen molar-refractivity contribution in [1.82, 2.24) is 4.98 Å². The predicted octanol–water partition coefficient (Wildman–Crippen LogP) is 4.35. The zero-order chi connectivity index (χ0) is 11.5. The van der Waals surface area contributed by atoms with Crippen LogP contribution in [0.4, 0.5) is 5.69 Å². The van der Waals surface area contributed by atoms with Crippen LogP contribution >= 0.6 is 35.6 Å². The Morgan fingerprint density at radius 1 is 1.35 bits per heavy atom. The molecule has 5 heteroatoms. The van der Waals surface area contributed by atoms with Gasteiger partial charge in [0.05, 0.1) is 5.52 Å². The normalized spacial score (nSPS) is 11.9. The van der Waals surface area contributed by atoms with Gasteiger partial charge in [-0.25, -0.2) is 0 Å². The summed E-state index contributed by atoms with van der Waals surface area (Å²) >= 11 is 11.7. The molecule has 1 aromatic heterocycles. The molecule has 2 aromatic rings. The monoisotopic (exact) mass is 290 g/mol. The van der Waals surface area contributed by atoms with E-state index in [1.54, 1.807) is 6.20 Å². The summed E-state index contributed by atoms with van der Waals surface area (Å²) in [7, 11) is 0. The maximum Gasteiger partial charge on any atom is 0.0737 e. The number of nitrogens with one attached hydrogen (secondary N) is 1. The van der Waals surface area contributed by atoms with Crippen LogP contribution in [0.2, 0.25) is 5.02 Å². The Labute approximate surface area is 117 Å². The lowest BCUT2D eigenvalue weighted by Crippen LogP contribution is -2.16. The molecule has 0 bridgehead atoms. The molecule has 1 atom stereocenters. The molecule has 0 amide bonds. The fourth-order valence-electron chi connectivity index (χ4n) is 1.55. The number of aromatic nitrogens is 1. The highest BCUT2D eigenvalue weighted by molar-refractivity contribution is 6.31. The van der Waals surface area contributed by atoms with Crippen LogP contribution in [0.5, 0.6) is 0 Å². The first kappa shape index (κ1) is 14.4. The maximum absolute atomic E-state index is 5.92. The van der Waals surface area contributed by atoms with Gasteiger partial charge >= 0.3 is 0 Å². The number of halogens is 3. The molecule has 0 aliphatic rings. The molecule has 0 unspecified atom stereocenters. The molecule has 1 aromatic carbocycles. The number of nitrogens with zero attached hydrogens (tertiary/aromatic N) is 1. The van der Waals surface area contributed by atoms with Gasteiger partial charge in [0.1, 0.15) is 0 Å². The van der Waals surface area contributed by atoms with Crippen molar-refractivity contribution in [2.75, 3.05) is 11.2 Å². The van der Waals surface area contributed by atoms with Crippen LogP contribution in [0.1, 0.15) is 6.92 Å². The lowest BCUT2D eigenvalue weighted by atomic mass is 10.2. The van der Waals surface area contributed by atoms with Crippen molar-refractivity contribution in [2.24, 2.45) is 0 Å². The van der Waals surface area contributed by atoms with Crippen molar-refractivity contribution in [3.8, 4) is 0 Å². The number of rotatable bonds is 3. The van der Waals surface area contributed by atoms with Crippen molar-refractivity contribution >= 4 is 52.2 Å². The molecule has 92 valence electrons. The molecular weight excluding hydrogens is 279 g/mol. The van der Waals surface area contributed by atoms with Gasteiger partial charge in [-0.1, -0.05) is 11.6 Å². The Morgan fingerprint density at radius 2 is 2.12 bits per heavy atom. The highest BCUT2D eigenvalue weighted by Crippen LogP contribution is 2.24. The van der Waals surface area contributed by atoms with Crippen LogP contribution in [0.15, 0.2) is 30.5 Å². The summed E-state index contributed by atoms with van der Waals surface area (Å²) in [5.74, 6) is 0.567. The molecule has 0 aliphatic carbocycles. The fraction of sp³-hybridized carbons (Fsp3) is 0.250. The van der Waals surface area contributed by atoms with Gasteiger partial charge in [0.25, 0.3) is 0 Å². The minimum atomic E-state index is 0. The number of pyridine rings is 1. The number of hydrogen-bond acceptors (Lipinski definition) is 2. The molecule has 2 nitrogen and oxygen atoms in total. The summed E-state index contributed by atoms with van der Waals surface area (Å²) in [5, 5.41) is 5.09. The lowest BCUT2D eigenvalue weighted by molar-refractivity contribution is 0.909. The Bertz CT molecular complexity index is 502. The molecular formula is C12H13Cl3N2.